The van der Waals surface area contributed by atoms with E-state index in [-0.39, 0.29) is 5.91 Å². The molecular weight excluding hydrogens is 524 g/mol. The highest BCUT2D eigenvalue weighted by Crippen LogP contribution is 2.45. The molecule has 3 atom stereocenters. The van der Waals surface area contributed by atoms with Crippen molar-refractivity contribution < 1.29 is 13.9 Å². The summed E-state index contributed by atoms with van der Waals surface area (Å²) in [5.41, 5.74) is 12.2. The third kappa shape index (κ3) is 4.15. The Bertz CT molecular complexity index is 1690. The number of aromatic nitrogens is 1. The van der Waals surface area contributed by atoms with Gasteiger partial charge in [-0.3, -0.25) is 4.79 Å². The monoisotopic (exact) mass is 566 g/mol. The lowest BCUT2D eigenvalue weighted by atomic mass is 10.0. The number of likely N-dealkylation sites (tertiary alicyclic amines) is 1. The van der Waals surface area contributed by atoms with Gasteiger partial charge in [0, 0.05) is 60.5 Å². The van der Waals surface area contributed by atoms with Crippen molar-refractivity contribution >= 4 is 33.5 Å². The molecule has 0 spiro atoms. The molecule has 7 nitrogen and oxygen atoms in total. The van der Waals surface area contributed by atoms with Gasteiger partial charge in [0.1, 0.15) is 11.3 Å². The Morgan fingerprint density at radius 3 is 2.55 bits per heavy atom. The molecular formula is C35H42N4O3. The first-order chi connectivity index (χ1) is 20.4. The van der Waals surface area contributed by atoms with Gasteiger partial charge in [-0.2, -0.15) is 0 Å². The third-order valence-corrected chi connectivity index (χ3v) is 10.9. The number of furan rings is 1. The molecule has 2 saturated heterocycles. The maximum absolute atomic E-state index is 13.7. The zero-order chi connectivity index (χ0) is 28.7. The highest BCUT2D eigenvalue weighted by atomic mass is 16.5. The van der Waals surface area contributed by atoms with Crippen molar-refractivity contribution in [2.24, 2.45) is 23.5 Å². The summed E-state index contributed by atoms with van der Waals surface area (Å²) < 4.78 is 15.1. The summed E-state index contributed by atoms with van der Waals surface area (Å²) >= 11 is 0. The first kappa shape index (κ1) is 26.2. The quantitative estimate of drug-likeness (QED) is 0.285. The van der Waals surface area contributed by atoms with Crippen LogP contribution >= 0.6 is 0 Å². The Labute approximate surface area is 247 Å². The number of amides is 1. The van der Waals surface area contributed by atoms with Crippen molar-refractivity contribution in [1.29, 1.82) is 0 Å². The third-order valence-electron chi connectivity index (χ3n) is 10.9. The van der Waals surface area contributed by atoms with Crippen LogP contribution in [0.1, 0.15) is 61.4 Å². The van der Waals surface area contributed by atoms with E-state index in [9.17, 15) is 4.79 Å². The lowest BCUT2D eigenvalue weighted by Gasteiger charge is -2.32. The minimum absolute atomic E-state index is 0.0962. The van der Waals surface area contributed by atoms with Gasteiger partial charge >= 0.3 is 0 Å². The van der Waals surface area contributed by atoms with E-state index < -0.39 is 0 Å². The SMILES string of the molecule is COc1cc(C(=O)N2CC3CCC2C3C)cc2oc(-c3cc4ccc(N5CCC(N)CC5)cc4n3CC3CC3)c(C)c12. The molecule has 4 fully saturated rings. The number of piperidine rings is 2. The summed E-state index contributed by atoms with van der Waals surface area (Å²) in [7, 11) is 1.69. The maximum Gasteiger partial charge on any atom is 0.254 e. The number of nitrogens with zero attached hydrogens (tertiary/aromatic N) is 3. The Kier molecular flexibility index (Phi) is 6.11. The first-order valence-corrected chi connectivity index (χ1v) is 16.0. The van der Waals surface area contributed by atoms with Gasteiger partial charge in [0.05, 0.1) is 23.7 Å². The molecule has 2 N–H and O–H groups in total. The number of fused-ring (bicyclic) bond motifs is 4. The molecule has 1 amide bonds. The molecule has 2 aliphatic heterocycles. The number of hydrogen-bond acceptors (Lipinski definition) is 5. The van der Waals surface area contributed by atoms with Crippen LogP contribution in [0, 0.1) is 24.7 Å². The predicted octanol–water partition coefficient (Wildman–Crippen LogP) is 6.58. The van der Waals surface area contributed by atoms with Crippen LogP contribution in [0.4, 0.5) is 5.69 Å². The van der Waals surface area contributed by atoms with Crippen LogP contribution in [0.3, 0.4) is 0 Å². The van der Waals surface area contributed by atoms with Gasteiger partial charge in [-0.25, -0.2) is 0 Å². The molecule has 3 unspecified atom stereocenters. The fourth-order valence-electron chi connectivity index (χ4n) is 8.12. The highest BCUT2D eigenvalue weighted by molar-refractivity contribution is 6.02. The Morgan fingerprint density at radius 1 is 1.05 bits per heavy atom. The number of carbonyl (C=O) groups excluding carboxylic acids is 1. The van der Waals surface area contributed by atoms with Crippen molar-refractivity contribution in [2.45, 2.75) is 71.0 Å². The molecule has 7 heteroatoms. The maximum atomic E-state index is 13.7. The van der Waals surface area contributed by atoms with E-state index >= 15 is 0 Å². The van der Waals surface area contributed by atoms with E-state index in [1.165, 1.54) is 35.9 Å². The molecule has 42 heavy (non-hydrogen) atoms. The lowest BCUT2D eigenvalue weighted by Crippen LogP contribution is -2.39. The van der Waals surface area contributed by atoms with E-state index in [1.54, 1.807) is 7.11 Å². The number of ether oxygens (including phenoxy) is 1. The first-order valence-electron chi connectivity index (χ1n) is 16.0. The van der Waals surface area contributed by atoms with Crippen molar-refractivity contribution in [2.75, 3.05) is 31.6 Å². The number of rotatable bonds is 6. The number of anilines is 1. The molecule has 2 aliphatic carbocycles. The molecule has 4 heterocycles. The van der Waals surface area contributed by atoms with Gasteiger partial charge < -0.3 is 29.3 Å². The fraction of sp³-hybridized carbons (Fsp3) is 0.514. The molecule has 2 bridgehead atoms. The summed E-state index contributed by atoms with van der Waals surface area (Å²) in [5, 5.41) is 2.18. The number of hydrogen-bond donors (Lipinski definition) is 1. The van der Waals surface area contributed by atoms with Gasteiger partial charge in [0.15, 0.2) is 5.76 Å². The zero-order valence-electron chi connectivity index (χ0n) is 25.1. The average Bonchev–Trinajstić information content (AvgIpc) is 3.41. The van der Waals surface area contributed by atoms with E-state index in [0.717, 1.165) is 73.4 Å². The normalized spacial score (nSPS) is 24.4. The van der Waals surface area contributed by atoms with Crippen LogP contribution in [-0.2, 0) is 6.54 Å². The van der Waals surface area contributed by atoms with Crippen LogP contribution < -0.4 is 15.4 Å². The van der Waals surface area contributed by atoms with Crippen LogP contribution in [0.2, 0.25) is 0 Å². The lowest BCUT2D eigenvalue weighted by molar-refractivity contribution is 0.0695. The summed E-state index contributed by atoms with van der Waals surface area (Å²) in [4.78, 5) is 18.3. The van der Waals surface area contributed by atoms with Gasteiger partial charge in [0.25, 0.3) is 5.91 Å². The second kappa shape index (κ2) is 9.80. The Hall–Kier alpha value is -3.45. The zero-order valence-corrected chi connectivity index (χ0v) is 25.1. The number of methoxy groups -OCH3 is 1. The molecule has 220 valence electrons. The fourth-order valence-corrected chi connectivity index (χ4v) is 8.12. The summed E-state index contributed by atoms with van der Waals surface area (Å²) in [5.74, 6) is 3.58. The number of nitrogens with two attached hydrogens (primary N) is 1. The molecule has 0 radical (unpaired) electrons. The molecule has 2 saturated carbocycles. The largest absolute Gasteiger partial charge is 0.496 e. The van der Waals surface area contributed by atoms with Crippen LogP contribution in [0.5, 0.6) is 5.75 Å². The summed E-state index contributed by atoms with van der Waals surface area (Å²) in [6.07, 6.45) is 6.97. The van der Waals surface area contributed by atoms with Crippen LogP contribution in [-0.4, -0.2) is 54.2 Å². The number of aryl methyl sites for hydroxylation is 1. The van der Waals surface area contributed by atoms with E-state index in [2.05, 4.69) is 52.5 Å². The molecule has 8 rings (SSSR count). The average molecular weight is 567 g/mol. The van der Waals surface area contributed by atoms with E-state index in [0.29, 0.717) is 41.2 Å². The smallest absolute Gasteiger partial charge is 0.254 e. The van der Waals surface area contributed by atoms with Gasteiger partial charge in [-0.15, -0.1) is 0 Å². The molecule has 4 aliphatic rings. The summed E-state index contributed by atoms with van der Waals surface area (Å²) in [6, 6.07) is 13.7. The van der Waals surface area contributed by atoms with Crippen molar-refractivity contribution in [3.8, 4) is 17.2 Å². The Morgan fingerprint density at radius 2 is 1.86 bits per heavy atom. The highest BCUT2D eigenvalue weighted by Gasteiger charge is 2.46. The minimum Gasteiger partial charge on any atom is -0.496 e. The predicted molar refractivity (Wildman–Crippen MR) is 167 cm³/mol. The molecule has 2 aromatic carbocycles. The minimum atomic E-state index is 0.0962. The van der Waals surface area contributed by atoms with E-state index in [1.807, 2.05) is 12.1 Å². The van der Waals surface area contributed by atoms with E-state index in [4.69, 9.17) is 14.9 Å². The standard InChI is InChI=1S/C35H42N4O3/c1-20-24-7-9-28(20)39(19-24)35(40)25-15-31(41-3)33-21(2)34(42-32(33)16-25)30-14-23-6-8-27(37-12-10-26(36)11-13-37)17-29(23)38(30)18-22-4-5-22/h6,8,14-17,20,22,24,26,28H,4-5,7,9-13,18-19,36H2,1-3H3. The Balaban J connectivity index is 1.21. The molecule has 2 aromatic heterocycles. The summed E-state index contributed by atoms with van der Waals surface area (Å²) in [6.45, 7) is 8.27. The van der Waals surface area contributed by atoms with Crippen molar-refractivity contribution in [3.05, 3.63) is 47.5 Å². The van der Waals surface area contributed by atoms with Crippen LogP contribution in [0.15, 0.2) is 40.8 Å². The number of benzene rings is 2. The van der Waals surface area contributed by atoms with Crippen molar-refractivity contribution in [1.82, 2.24) is 9.47 Å². The van der Waals surface area contributed by atoms with Crippen molar-refractivity contribution in [3.63, 3.8) is 0 Å². The van der Waals surface area contributed by atoms with Gasteiger partial charge in [0.2, 0.25) is 0 Å². The topological polar surface area (TPSA) is 76.9 Å². The van der Waals surface area contributed by atoms with Gasteiger partial charge in [-0.1, -0.05) is 13.0 Å². The second-order valence-corrected chi connectivity index (χ2v) is 13.5. The number of carbonyl (C=O) groups is 1. The molecule has 4 aromatic rings. The second-order valence-electron chi connectivity index (χ2n) is 13.5. The van der Waals surface area contributed by atoms with Crippen LogP contribution in [0.25, 0.3) is 33.3 Å². The van der Waals surface area contributed by atoms with Gasteiger partial charge in [-0.05, 0) is 93.5 Å².